The second-order valence-corrected chi connectivity index (χ2v) is 6.11. The molecule has 0 aliphatic heterocycles. The van der Waals surface area contributed by atoms with Crippen LogP contribution in [0.1, 0.15) is 57.5 Å². The molecule has 0 aliphatic rings. The Morgan fingerprint density at radius 3 is 2.67 bits per heavy atom. The van der Waals surface area contributed by atoms with E-state index in [2.05, 4.69) is 65.5 Å². The fourth-order valence-electron chi connectivity index (χ4n) is 2.69. The molecular formula is C20H30N4. The molecule has 2 rings (SSSR count). The molecule has 2 aromatic heterocycles. The summed E-state index contributed by atoms with van der Waals surface area (Å²) in [4.78, 5) is 9.33. The van der Waals surface area contributed by atoms with Crippen molar-refractivity contribution in [3.63, 3.8) is 0 Å². The third kappa shape index (κ3) is 4.47. The number of nitrogens with zero attached hydrogens (tertiary/aromatic N) is 4. The Labute approximate surface area is 145 Å². The van der Waals surface area contributed by atoms with Gasteiger partial charge in [-0.05, 0) is 38.7 Å². The van der Waals surface area contributed by atoms with Gasteiger partial charge in [0.05, 0.1) is 5.69 Å². The van der Waals surface area contributed by atoms with Gasteiger partial charge in [-0.2, -0.15) is 0 Å². The Bertz CT molecular complexity index is 689. The number of rotatable bonds is 9. The van der Waals surface area contributed by atoms with Crippen LogP contribution in [0.15, 0.2) is 30.6 Å². The minimum absolute atomic E-state index is 0.970. The molecule has 0 bridgehead atoms. The lowest BCUT2D eigenvalue weighted by Crippen LogP contribution is -2.01. The van der Waals surface area contributed by atoms with Crippen molar-refractivity contribution in [1.82, 2.24) is 19.1 Å². The van der Waals surface area contributed by atoms with E-state index >= 15 is 0 Å². The highest BCUT2D eigenvalue weighted by molar-refractivity contribution is 5.66. The van der Waals surface area contributed by atoms with Gasteiger partial charge in [0.25, 0.3) is 0 Å². The van der Waals surface area contributed by atoms with Gasteiger partial charge in [-0.25, -0.2) is 9.97 Å². The summed E-state index contributed by atoms with van der Waals surface area (Å²) >= 11 is 0. The van der Waals surface area contributed by atoms with Crippen LogP contribution >= 0.6 is 0 Å². The fourth-order valence-corrected chi connectivity index (χ4v) is 2.69. The second-order valence-electron chi connectivity index (χ2n) is 6.11. The Balaban J connectivity index is 2.22. The third-order valence-corrected chi connectivity index (χ3v) is 4.22. The molecule has 0 radical (unpaired) electrons. The molecule has 4 nitrogen and oxygen atoms in total. The Morgan fingerprint density at radius 2 is 1.92 bits per heavy atom. The van der Waals surface area contributed by atoms with Crippen molar-refractivity contribution >= 4 is 6.08 Å². The Kier molecular flexibility index (Phi) is 7.04. The van der Waals surface area contributed by atoms with Crippen LogP contribution in [0.4, 0.5) is 0 Å². The van der Waals surface area contributed by atoms with Crippen LogP contribution in [-0.4, -0.2) is 19.1 Å². The van der Waals surface area contributed by atoms with Gasteiger partial charge in [0.2, 0.25) is 0 Å². The van der Waals surface area contributed by atoms with Crippen molar-refractivity contribution < 1.29 is 0 Å². The Hall–Kier alpha value is -2.10. The first kappa shape index (κ1) is 18.2. The van der Waals surface area contributed by atoms with Crippen molar-refractivity contribution in [2.24, 2.45) is 7.05 Å². The van der Waals surface area contributed by atoms with E-state index < -0.39 is 0 Å². The van der Waals surface area contributed by atoms with Crippen LogP contribution in [-0.2, 0) is 13.6 Å². The maximum atomic E-state index is 4.76. The predicted octanol–water partition coefficient (Wildman–Crippen LogP) is 5.15. The maximum absolute atomic E-state index is 4.76. The minimum Gasteiger partial charge on any atom is -0.331 e. The van der Waals surface area contributed by atoms with Gasteiger partial charge < -0.3 is 9.13 Å². The number of aromatic nitrogens is 4. The largest absolute Gasteiger partial charge is 0.331 e. The average molecular weight is 326 g/mol. The summed E-state index contributed by atoms with van der Waals surface area (Å²) in [5, 5.41) is 0. The number of unbranched alkanes of at least 4 members (excludes halogenated alkanes) is 2. The molecule has 2 heterocycles. The predicted molar refractivity (Wildman–Crippen MR) is 102 cm³/mol. The summed E-state index contributed by atoms with van der Waals surface area (Å²) < 4.78 is 4.36. The quantitative estimate of drug-likeness (QED) is 0.472. The van der Waals surface area contributed by atoms with Gasteiger partial charge in [-0.1, -0.05) is 38.5 Å². The molecule has 0 amide bonds. The smallest absolute Gasteiger partial charge is 0.160 e. The number of hydrogen-bond donors (Lipinski definition) is 0. The van der Waals surface area contributed by atoms with E-state index in [0.29, 0.717) is 0 Å². The zero-order chi connectivity index (χ0) is 17.4. The molecule has 0 saturated carbocycles. The standard InChI is InChI=1S/C20H30N4/c1-5-7-9-10-11-12-13-18-19(22-17(3)23(18)4)20-21-14-16-24(20)15-8-6-2/h7,9,12-14,16H,5-6,8,10-11,15H2,1-4H3. The van der Waals surface area contributed by atoms with Gasteiger partial charge in [0.15, 0.2) is 5.82 Å². The topological polar surface area (TPSA) is 35.6 Å². The van der Waals surface area contributed by atoms with E-state index in [4.69, 9.17) is 4.98 Å². The lowest BCUT2D eigenvalue weighted by Gasteiger charge is -2.06. The monoisotopic (exact) mass is 326 g/mol. The minimum atomic E-state index is 0.970. The first-order valence-electron chi connectivity index (χ1n) is 9.05. The van der Waals surface area contributed by atoms with Crippen LogP contribution in [0, 0.1) is 6.92 Å². The molecular weight excluding hydrogens is 296 g/mol. The highest BCUT2D eigenvalue weighted by atomic mass is 15.1. The molecule has 0 aliphatic carbocycles. The van der Waals surface area contributed by atoms with E-state index in [-0.39, 0.29) is 0 Å². The summed E-state index contributed by atoms with van der Waals surface area (Å²) in [7, 11) is 2.07. The summed E-state index contributed by atoms with van der Waals surface area (Å²) in [5.41, 5.74) is 2.12. The normalized spacial score (nSPS) is 12.0. The van der Waals surface area contributed by atoms with E-state index in [1.165, 1.54) is 6.42 Å². The molecule has 0 fully saturated rings. The van der Waals surface area contributed by atoms with Gasteiger partial charge in [-0.15, -0.1) is 0 Å². The Morgan fingerprint density at radius 1 is 1.12 bits per heavy atom. The van der Waals surface area contributed by atoms with E-state index in [0.717, 1.165) is 55.3 Å². The first-order chi connectivity index (χ1) is 11.7. The van der Waals surface area contributed by atoms with Gasteiger partial charge in [-0.3, -0.25) is 0 Å². The molecule has 0 aromatic carbocycles. The lowest BCUT2D eigenvalue weighted by atomic mass is 10.2. The highest BCUT2D eigenvalue weighted by Crippen LogP contribution is 2.24. The average Bonchev–Trinajstić information content (AvgIpc) is 3.15. The van der Waals surface area contributed by atoms with Crippen molar-refractivity contribution in [2.45, 2.75) is 59.4 Å². The number of allylic oxidation sites excluding steroid dienone is 3. The van der Waals surface area contributed by atoms with E-state index in [1.54, 1.807) is 0 Å². The number of imidazole rings is 2. The van der Waals surface area contributed by atoms with Crippen LogP contribution in [0.2, 0.25) is 0 Å². The second kappa shape index (κ2) is 9.26. The van der Waals surface area contributed by atoms with Crippen LogP contribution in [0.5, 0.6) is 0 Å². The zero-order valence-corrected chi connectivity index (χ0v) is 15.5. The summed E-state index contributed by atoms with van der Waals surface area (Å²) in [6.07, 6.45) is 18.4. The SMILES string of the molecule is CCC=CCCC=Cc1c(-c2nccn2CCCC)nc(C)n1C. The van der Waals surface area contributed by atoms with Crippen molar-refractivity contribution in [2.75, 3.05) is 0 Å². The van der Waals surface area contributed by atoms with Crippen LogP contribution in [0.25, 0.3) is 17.6 Å². The molecule has 24 heavy (non-hydrogen) atoms. The maximum Gasteiger partial charge on any atom is 0.160 e. The summed E-state index contributed by atoms with van der Waals surface area (Å²) in [5.74, 6) is 1.98. The van der Waals surface area contributed by atoms with Crippen LogP contribution < -0.4 is 0 Å². The van der Waals surface area contributed by atoms with Crippen molar-refractivity contribution in [1.29, 1.82) is 0 Å². The highest BCUT2D eigenvalue weighted by Gasteiger charge is 2.16. The first-order valence-corrected chi connectivity index (χ1v) is 9.05. The molecule has 2 aromatic rings. The molecule has 4 heteroatoms. The summed E-state index contributed by atoms with van der Waals surface area (Å²) in [6, 6.07) is 0. The molecule has 0 N–H and O–H groups in total. The van der Waals surface area contributed by atoms with Crippen LogP contribution in [0.3, 0.4) is 0 Å². The van der Waals surface area contributed by atoms with E-state index in [1.807, 2.05) is 13.1 Å². The third-order valence-electron chi connectivity index (χ3n) is 4.22. The fraction of sp³-hybridized carbons (Fsp3) is 0.500. The molecule has 130 valence electrons. The lowest BCUT2D eigenvalue weighted by molar-refractivity contribution is 0.636. The molecule has 0 atom stereocenters. The molecule has 0 spiro atoms. The van der Waals surface area contributed by atoms with Crippen molar-refractivity contribution in [3.05, 3.63) is 42.1 Å². The van der Waals surface area contributed by atoms with Gasteiger partial charge >= 0.3 is 0 Å². The zero-order valence-electron chi connectivity index (χ0n) is 15.5. The van der Waals surface area contributed by atoms with Gasteiger partial charge in [0.1, 0.15) is 11.5 Å². The summed E-state index contributed by atoms with van der Waals surface area (Å²) in [6.45, 7) is 7.41. The van der Waals surface area contributed by atoms with Gasteiger partial charge in [0, 0.05) is 26.0 Å². The number of hydrogen-bond acceptors (Lipinski definition) is 2. The van der Waals surface area contributed by atoms with Crippen molar-refractivity contribution in [3.8, 4) is 11.5 Å². The van der Waals surface area contributed by atoms with E-state index in [9.17, 15) is 0 Å². The molecule has 0 unspecified atom stereocenters. The number of aryl methyl sites for hydroxylation is 2. The molecule has 0 saturated heterocycles.